The molecule has 0 saturated heterocycles. The van der Waals surface area contributed by atoms with Gasteiger partial charge in [-0.05, 0) is 19.1 Å². The summed E-state index contributed by atoms with van der Waals surface area (Å²) < 4.78 is 11.9. The number of anilines is 1. The maximum absolute atomic E-state index is 11.8. The standard InChI is InChI=1S/C15H16N4O4/c1-10-6-14(20)19(8-17-10)5-4-16-15(21)18-11-2-3-12-13(7-11)23-9-22-12/h2-3,6-8H,4-5,9H2,1H3,(H2,16,18,21). The zero-order valence-corrected chi connectivity index (χ0v) is 12.5. The minimum atomic E-state index is -0.364. The van der Waals surface area contributed by atoms with Crippen molar-refractivity contribution in [2.45, 2.75) is 13.5 Å². The van der Waals surface area contributed by atoms with Crippen LogP contribution in [0.15, 0.2) is 35.4 Å². The van der Waals surface area contributed by atoms with E-state index in [-0.39, 0.29) is 18.4 Å². The molecule has 0 saturated carbocycles. The van der Waals surface area contributed by atoms with Crippen LogP contribution in [0.4, 0.5) is 10.5 Å². The Balaban J connectivity index is 1.51. The smallest absolute Gasteiger partial charge is 0.319 e. The van der Waals surface area contributed by atoms with Crippen molar-refractivity contribution >= 4 is 11.7 Å². The molecule has 2 amide bonds. The molecular weight excluding hydrogens is 300 g/mol. The van der Waals surface area contributed by atoms with Crippen LogP contribution in [0.5, 0.6) is 11.5 Å². The number of benzene rings is 1. The zero-order valence-electron chi connectivity index (χ0n) is 12.5. The van der Waals surface area contributed by atoms with E-state index in [4.69, 9.17) is 9.47 Å². The lowest BCUT2D eigenvalue weighted by molar-refractivity contribution is 0.174. The summed E-state index contributed by atoms with van der Waals surface area (Å²) >= 11 is 0. The van der Waals surface area contributed by atoms with Crippen molar-refractivity contribution < 1.29 is 14.3 Å². The summed E-state index contributed by atoms with van der Waals surface area (Å²) in [5.41, 5.74) is 1.12. The molecule has 0 atom stereocenters. The van der Waals surface area contributed by atoms with Gasteiger partial charge in [0.05, 0.1) is 6.33 Å². The molecule has 8 nitrogen and oxygen atoms in total. The first kappa shape index (κ1) is 14.9. The number of fused-ring (bicyclic) bond motifs is 1. The van der Waals surface area contributed by atoms with E-state index >= 15 is 0 Å². The van der Waals surface area contributed by atoms with E-state index in [1.807, 2.05) is 0 Å². The van der Waals surface area contributed by atoms with Gasteiger partial charge in [0.25, 0.3) is 5.56 Å². The normalized spacial score (nSPS) is 12.0. The summed E-state index contributed by atoms with van der Waals surface area (Å²) in [6.45, 7) is 2.59. The lowest BCUT2D eigenvalue weighted by atomic mass is 10.3. The summed E-state index contributed by atoms with van der Waals surface area (Å²) in [4.78, 5) is 27.6. The molecule has 23 heavy (non-hydrogen) atoms. The van der Waals surface area contributed by atoms with E-state index < -0.39 is 0 Å². The highest BCUT2D eigenvalue weighted by Crippen LogP contribution is 2.34. The molecule has 120 valence electrons. The molecule has 1 aromatic heterocycles. The minimum absolute atomic E-state index is 0.143. The predicted octanol–water partition coefficient (Wildman–Crippen LogP) is 1.10. The van der Waals surface area contributed by atoms with Gasteiger partial charge in [-0.3, -0.25) is 9.36 Å². The summed E-state index contributed by atoms with van der Waals surface area (Å²) in [7, 11) is 0. The van der Waals surface area contributed by atoms with E-state index in [2.05, 4.69) is 15.6 Å². The number of rotatable bonds is 4. The molecule has 1 aliphatic heterocycles. The monoisotopic (exact) mass is 316 g/mol. The van der Waals surface area contributed by atoms with Crippen molar-refractivity contribution in [3.8, 4) is 11.5 Å². The third-order valence-corrected chi connectivity index (χ3v) is 3.28. The maximum atomic E-state index is 11.8. The van der Waals surface area contributed by atoms with Crippen LogP contribution in [0.1, 0.15) is 5.69 Å². The zero-order chi connectivity index (χ0) is 16.2. The second-order valence-corrected chi connectivity index (χ2v) is 5.01. The highest BCUT2D eigenvalue weighted by molar-refractivity contribution is 5.89. The largest absolute Gasteiger partial charge is 0.454 e. The number of urea groups is 1. The highest BCUT2D eigenvalue weighted by Gasteiger charge is 2.13. The molecule has 0 unspecified atom stereocenters. The Bertz CT molecular complexity index is 787. The van der Waals surface area contributed by atoms with Crippen molar-refractivity contribution in [3.05, 3.63) is 46.6 Å². The fourth-order valence-electron chi connectivity index (χ4n) is 2.12. The van der Waals surface area contributed by atoms with E-state index in [0.717, 1.165) is 0 Å². The number of aryl methyl sites for hydroxylation is 1. The van der Waals surface area contributed by atoms with E-state index in [9.17, 15) is 9.59 Å². The van der Waals surface area contributed by atoms with Gasteiger partial charge >= 0.3 is 6.03 Å². The SMILES string of the molecule is Cc1cc(=O)n(CCNC(=O)Nc2ccc3c(c2)OCO3)cn1. The van der Waals surface area contributed by atoms with Gasteiger partial charge in [0, 0.05) is 36.6 Å². The first-order valence-corrected chi connectivity index (χ1v) is 7.09. The molecule has 8 heteroatoms. The van der Waals surface area contributed by atoms with Gasteiger partial charge in [-0.25, -0.2) is 9.78 Å². The molecule has 0 fully saturated rings. The first-order valence-electron chi connectivity index (χ1n) is 7.09. The van der Waals surface area contributed by atoms with Crippen molar-refractivity contribution in [3.63, 3.8) is 0 Å². The summed E-state index contributed by atoms with van der Waals surface area (Å²) in [5.74, 6) is 1.25. The fraction of sp³-hybridized carbons (Fsp3) is 0.267. The molecule has 0 bridgehead atoms. The van der Waals surface area contributed by atoms with Gasteiger partial charge in [-0.1, -0.05) is 0 Å². The van der Waals surface area contributed by atoms with Crippen LogP contribution < -0.4 is 25.7 Å². The molecule has 1 aromatic carbocycles. The molecule has 2 N–H and O–H groups in total. The molecule has 0 aliphatic carbocycles. The van der Waals surface area contributed by atoms with Gasteiger partial charge in [-0.15, -0.1) is 0 Å². The van der Waals surface area contributed by atoms with Crippen LogP contribution in [0, 0.1) is 6.92 Å². The number of nitrogens with zero attached hydrogens (tertiary/aromatic N) is 2. The second kappa shape index (κ2) is 6.39. The fourth-order valence-corrected chi connectivity index (χ4v) is 2.12. The van der Waals surface area contributed by atoms with Crippen molar-refractivity contribution in [1.29, 1.82) is 0 Å². The van der Waals surface area contributed by atoms with Gasteiger partial charge in [0.15, 0.2) is 11.5 Å². The third-order valence-electron chi connectivity index (χ3n) is 3.28. The molecule has 0 radical (unpaired) electrons. The first-order chi connectivity index (χ1) is 11.1. The number of hydrogen-bond acceptors (Lipinski definition) is 5. The number of carbonyl (C=O) groups excluding carboxylic acids is 1. The van der Waals surface area contributed by atoms with Crippen LogP contribution >= 0.6 is 0 Å². The van der Waals surface area contributed by atoms with E-state index in [0.29, 0.717) is 36.0 Å². The lowest BCUT2D eigenvalue weighted by Gasteiger charge is -2.09. The molecule has 3 rings (SSSR count). The van der Waals surface area contributed by atoms with Gasteiger partial charge in [-0.2, -0.15) is 0 Å². The van der Waals surface area contributed by atoms with Crippen LogP contribution in [-0.4, -0.2) is 28.9 Å². The quantitative estimate of drug-likeness (QED) is 0.881. The van der Waals surface area contributed by atoms with Gasteiger partial charge < -0.3 is 20.1 Å². The predicted molar refractivity (Wildman–Crippen MR) is 82.8 cm³/mol. The Kier molecular flexibility index (Phi) is 4.13. The average molecular weight is 316 g/mol. The topological polar surface area (TPSA) is 94.5 Å². The Labute approximate surface area is 132 Å². The summed E-state index contributed by atoms with van der Waals surface area (Å²) in [6.07, 6.45) is 1.47. The van der Waals surface area contributed by atoms with Crippen LogP contribution in [0.3, 0.4) is 0 Å². The summed E-state index contributed by atoms with van der Waals surface area (Å²) in [6, 6.07) is 6.23. The van der Waals surface area contributed by atoms with Crippen molar-refractivity contribution in [2.24, 2.45) is 0 Å². The Hall–Kier alpha value is -3.03. The molecule has 2 aromatic rings. The Morgan fingerprint density at radius 2 is 2.13 bits per heavy atom. The molecule has 2 heterocycles. The number of carbonyl (C=O) groups is 1. The second-order valence-electron chi connectivity index (χ2n) is 5.01. The number of nitrogens with one attached hydrogen (secondary N) is 2. The molecular formula is C15H16N4O4. The minimum Gasteiger partial charge on any atom is -0.454 e. The maximum Gasteiger partial charge on any atom is 0.319 e. The van der Waals surface area contributed by atoms with Crippen molar-refractivity contribution in [2.75, 3.05) is 18.7 Å². The molecule has 1 aliphatic rings. The van der Waals surface area contributed by atoms with Crippen molar-refractivity contribution in [1.82, 2.24) is 14.9 Å². The van der Waals surface area contributed by atoms with Crippen LogP contribution in [0.2, 0.25) is 0 Å². The van der Waals surface area contributed by atoms with Crippen LogP contribution in [-0.2, 0) is 6.54 Å². The van der Waals surface area contributed by atoms with E-state index in [1.165, 1.54) is 17.0 Å². The average Bonchev–Trinajstić information content (AvgIpc) is 2.97. The number of hydrogen-bond donors (Lipinski definition) is 2. The van der Waals surface area contributed by atoms with Gasteiger partial charge in [0.2, 0.25) is 6.79 Å². The number of amides is 2. The summed E-state index contributed by atoms with van der Waals surface area (Å²) in [5, 5.41) is 5.37. The highest BCUT2D eigenvalue weighted by atomic mass is 16.7. The Morgan fingerprint density at radius 3 is 2.96 bits per heavy atom. The van der Waals surface area contributed by atoms with E-state index in [1.54, 1.807) is 25.1 Å². The lowest BCUT2D eigenvalue weighted by Crippen LogP contribution is -2.33. The number of ether oxygens (including phenoxy) is 2. The van der Waals surface area contributed by atoms with Gasteiger partial charge in [0.1, 0.15) is 0 Å². The van der Waals surface area contributed by atoms with Crippen LogP contribution in [0.25, 0.3) is 0 Å². The molecule has 0 spiro atoms. The number of aromatic nitrogens is 2. The Morgan fingerprint density at radius 1 is 1.30 bits per heavy atom. The third kappa shape index (κ3) is 3.60.